The van der Waals surface area contributed by atoms with Gasteiger partial charge < -0.3 is 14.4 Å². The van der Waals surface area contributed by atoms with Gasteiger partial charge in [-0.05, 0) is 25.3 Å². The lowest BCUT2D eigenvalue weighted by molar-refractivity contribution is 0.0685. The molecule has 0 aliphatic carbocycles. The molecule has 0 bridgehead atoms. The van der Waals surface area contributed by atoms with Crippen LogP contribution < -0.4 is 4.72 Å². The average molecular weight is 302 g/mol. The summed E-state index contributed by atoms with van der Waals surface area (Å²) in [7, 11) is -3.68. The molecule has 112 valence electrons. The Labute approximate surface area is 117 Å². The normalized spacial score (nSPS) is 19.4. The molecular formula is C12H18N2O5S. The zero-order valence-electron chi connectivity index (χ0n) is 11.2. The second-order valence-corrected chi connectivity index (χ2v) is 6.50. The molecule has 1 unspecified atom stereocenters. The molecule has 1 atom stereocenters. The van der Waals surface area contributed by atoms with Crippen molar-refractivity contribution in [1.29, 1.82) is 0 Å². The van der Waals surface area contributed by atoms with Gasteiger partial charge in [-0.15, -0.1) is 0 Å². The first-order chi connectivity index (χ1) is 9.44. The summed E-state index contributed by atoms with van der Waals surface area (Å²) in [6.45, 7) is 3.67. The van der Waals surface area contributed by atoms with E-state index in [-0.39, 0.29) is 16.5 Å². The number of nitrogens with one attached hydrogen (secondary N) is 1. The molecule has 0 aromatic carbocycles. The maximum atomic E-state index is 12.1. The van der Waals surface area contributed by atoms with Crippen LogP contribution in [0.15, 0.2) is 17.2 Å². The number of nitrogens with zero attached hydrogens (tertiary/aromatic N) is 1. The highest BCUT2D eigenvalue weighted by Gasteiger charge is 2.23. The number of rotatable bonds is 6. The maximum absolute atomic E-state index is 12.1. The molecule has 0 radical (unpaired) electrons. The highest BCUT2D eigenvalue weighted by Crippen LogP contribution is 2.16. The van der Waals surface area contributed by atoms with Gasteiger partial charge in [-0.2, -0.15) is 0 Å². The Hall–Kier alpha value is -1.38. The first-order valence-corrected chi connectivity index (χ1v) is 7.93. The molecule has 1 aromatic heterocycles. The zero-order valence-corrected chi connectivity index (χ0v) is 12.0. The van der Waals surface area contributed by atoms with E-state index in [4.69, 9.17) is 9.84 Å². The number of aromatic carboxylic acids is 1. The summed E-state index contributed by atoms with van der Waals surface area (Å²) in [6.07, 6.45) is 2.18. The minimum Gasteiger partial charge on any atom is -0.477 e. The SMILES string of the molecule is CCn1cc(S(=O)(=O)NCC2CCOC2)cc1C(=O)O. The molecule has 0 saturated carbocycles. The molecule has 1 saturated heterocycles. The molecule has 1 aromatic rings. The number of aromatic nitrogens is 1. The minimum atomic E-state index is -3.68. The molecule has 0 spiro atoms. The van der Waals surface area contributed by atoms with E-state index >= 15 is 0 Å². The number of hydrogen-bond acceptors (Lipinski definition) is 4. The molecule has 2 heterocycles. The van der Waals surface area contributed by atoms with Crippen LogP contribution in [-0.4, -0.2) is 43.8 Å². The van der Waals surface area contributed by atoms with E-state index in [0.29, 0.717) is 26.3 Å². The van der Waals surface area contributed by atoms with E-state index < -0.39 is 16.0 Å². The molecule has 8 heteroatoms. The largest absolute Gasteiger partial charge is 0.477 e. The van der Waals surface area contributed by atoms with Crippen LogP contribution in [0.3, 0.4) is 0 Å². The highest BCUT2D eigenvalue weighted by atomic mass is 32.2. The van der Waals surface area contributed by atoms with Crippen molar-refractivity contribution >= 4 is 16.0 Å². The highest BCUT2D eigenvalue weighted by molar-refractivity contribution is 7.89. The Morgan fingerprint density at radius 1 is 1.60 bits per heavy atom. The van der Waals surface area contributed by atoms with Crippen molar-refractivity contribution in [2.45, 2.75) is 24.8 Å². The zero-order chi connectivity index (χ0) is 14.8. The minimum absolute atomic E-state index is 0.0179. The maximum Gasteiger partial charge on any atom is 0.352 e. The molecule has 1 fully saturated rings. The topological polar surface area (TPSA) is 97.6 Å². The lowest BCUT2D eigenvalue weighted by Gasteiger charge is -2.09. The first kappa shape index (κ1) is 15.0. The van der Waals surface area contributed by atoms with Gasteiger partial charge in [-0.25, -0.2) is 17.9 Å². The fourth-order valence-corrected chi connectivity index (χ4v) is 3.28. The molecule has 7 nitrogen and oxygen atoms in total. The molecule has 20 heavy (non-hydrogen) atoms. The Bertz CT molecular complexity index is 587. The standard InChI is InChI=1S/C12H18N2O5S/c1-2-14-7-10(5-11(14)12(15)16)20(17,18)13-6-9-3-4-19-8-9/h5,7,9,13H,2-4,6,8H2,1H3,(H,15,16). The average Bonchev–Trinajstić information content (AvgIpc) is 3.05. The number of aryl methyl sites for hydroxylation is 1. The van der Waals surface area contributed by atoms with Crippen LogP contribution in [0.25, 0.3) is 0 Å². The van der Waals surface area contributed by atoms with E-state index in [2.05, 4.69) is 4.72 Å². The van der Waals surface area contributed by atoms with Crippen molar-refractivity contribution in [3.05, 3.63) is 18.0 Å². The van der Waals surface area contributed by atoms with Gasteiger partial charge in [0.05, 0.1) is 6.61 Å². The van der Waals surface area contributed by atoms with Crippen LogP contribution in [-0.2, 0) is 21.3 Å². The third-order valence-corrected chi connectivity index (χ3v) is 4.72. The second kappa shape index (κ2) is 5.94. The van der Waals surface area contributed by atoms with Crippen LogP contribution in [0.1, 0.15) is 23.8 Å². The monoisotopic (exact) mass is 302 g/mol. The summed E-state index contributed by atoms with van der Waals surface area (Å²) < 4.78 is 33.4. The molecular weight excluding hydrogens is 284 g/mol. The van der Waals surface area contributed by atoms with Crippen LogP contribution in [0.2, 0.25) is 0 Å². The number of hydrogen-bond donors (Lipinski definition) is 2. The van der Waals surface area contributed by atoms with Crippen LogP contribution in [0.5, 0.6) is 0 Å². The van der Waals surface area contributed by atoms with Gasteiger partial charge in [0.1, 0.15) is 10.6 Å². The van der Waals surface area contributed by atoms with E-state index in [1.807, 2.05) is 0 Å². The fraction of sp³-hybridized carbons (Fsp3) is 0.583. The van der Waals surface area contributed by atoms with E-state index in [0.717, 1.165) is 6.42 Å². The van der Waals surface area contributed by atoms with Crippen molar-refractivity contribution in [3.63, 3.8) is 0 Å². The fourth-order valence-electron chi connectivity index (χ4n) is 2.13. The molecule has 1 aliphatic heterocycles. The summed E-state index contributed by atoms with van der Waals surface area (Å²) in [6, 6.07) is 1.18. The first-order valence-electron chi connectivity index (χ1n) is 6.45. The van der Waals surface area contributed by atoms with Gasteiger partial charge in [0.15, 0.2) is 0 Å². The van der Waals surface area contributed by atoms with E-state index in [1.165, 1.54) is 16.8 Å². The van der Waals surface area contributed by atoms with Crippen molar-refractivity contribution in [2.24, 2.45) is 5.92 Å². The summed E-state index contributed by atoms with van der Waals surface area (Å²) in [5.41, 5.74) is -0.0305. The summed E-state index contributed by atoms with van der Waals surface area (Å²) in [4.78, 5) is 11.0. The number of sulfonamides is 1. The van der Waals surface area contributed by atoms with Crippen molar-refractivity contribution < 1.29 is 23.1 Å². The van der Waals surface area contributed by atoms with Crippen LogP contribution >= 0.6 is 0 Å². The smallest absolute Gasteiger partial charge is 0.352 e. The lowest BCUT2D eigenvalue weighted by atomic mass is 10.1. The van der Waals surface area contributed by atoms with Gasteiger partial charge in [-0.3, -0.25) is 0 Å². The number of ether oxygens (including phenoxy) is 1. The molecule has 2 rings (SSSR count). The molecule has 0 amide bonds. The number of carboxylic acids is 1. The van der Waals surface area contributed by atoms with Gasteiger partial charge >= 0.3 is 5.97 Å². The van der Waals surface area contributed by atoms with Gasteiger partial charge in [0.25, 0.3) is 0 Å². The molecule has 1 aliphatic rings. The summed E-state index contributed by atoms with van der Waals surface area (Å²) >= 11 is 0. The summed E-state index contributed by atoms with van der Waals surface area (Å²) in [5, 5.41) is 9.03. The van der Waals surface area contributed by atoms with Crippen molar-refractivity contribution in [2.75, 3.05) is 19.8 Å². The summed E-state index contributed by atoms with van der Waals surface area (Å²) in [5.74, 6) is -0.963. The Morgan fingerprint density at radius 3 is 2.85 bits per heavy atom. The van der Waals surface area contributed by atoms with E-state index in [9.17, 15) is 13.2 Å². The van der Waals surface area contributed by atoms with Gasteiger partial charge in [-0.1, -0.05) is 0 Å². The quantitative estimate of drug-likeness (QED) is 0.798. The predicted octanol–water partition coefficient (Wildman–Crippen LogP) is 0.521. The Balaban J connectivity index is 2.14. The van der Waals surface area contributed by atoms with E-state index in [1.54, 1.807) is 6.92 Å². The van der Waals surface area contributed by atoms with Crippen LogP contribution in [0, 0.1) is 5.92 Å². The van der Waals surface area contributed by atoms with Gasteiger partial charge in [0.2, 0.25) is 10.0 Å². The van der Waals surface area contributed by atoms with Crippen molar-refractivity contribution in [1.82, 2.24) is 9.29 Å². The Morgan fingerprint density at radius 2 is 2.35 bits per heavy atom. The lowest BCUT2D eigenvalue weighted by Crippen LogP contribution is -2.29. The van der Waals surface area contributed by atoms with Gasteiger partial charge in [0, 0.05) is 25.9 Å². The third kappa shape index (κ3) is 3.20. The molecule has 2 N–H and O–H groups in total. The number of carbonyl (C=O) groups is 1. The van der Waals surface area contributed by atoms with Crippen molar-refractivity contribution in [3.8, 4) is 0 Å². The second-order valence-electron chi connectivity index (χ2n) is 4.73. The van der Waals surface area contributed by atoms with Crippen LogP contribution in [0.4, 0.5) is 0 Å². The predicted molar refractivity (Wildman–Crippen MR) is 71.2 cm³/mol. The Kier molecular flexibility index (Phi) is 4.46. The number of carboxylic acid groups (broad SMARTS) is 1. The third-order valence-electron chi connectivity index (χ3n) is 3.33.